The predicted molar refractivity (Wildman–Crippen MR) is 283 cm³/mol. The minimum Gasteiger partial charge on any atom is -0.354 e. The number of rotatable bonds is 28. The Morgan fingerprint density at radius 1 is 0.708 bits per heavy atom. The van der Waals surface area contributed by atoms with Crippen LogP contribution in [-0.2, 0) is 28.8 Å². The van der Waals surface area contributed by atoms with Gasteiger partial charge >= 0.3 is 0 Å². The predicted octanol–water partition coefficient (Wildman–Crippen LogP) is 7.73. The molecule has 0 aromatic carbocycles. The van der Waals surface area contributed by atoms with Crippen LogP contribution in [0.4, 0.5) is 0 Å². The molecular formula is C57H84N8O7. The summed E-state index contributed by atoms with van der Waals surface area (Å²) in [6.45, 7) is 11.6. The lowest BCUT2D eigenvalue weighted by molar-refractivity contribution is -0.146. The number of hydrogen-bond acceptors (Lipinski definition) is 9. The van der Waals surface area contributed by atoms with Crippen LogP contribution < -0.4 is 26.6 Å². The van der Waals surface area contributed by atoms with Crippen LogP contribution in [0, 0.1) is 29.1 Å². The van der Waals surface area contributed by atoms with Crippen molar-refractivity contribution < 1.29 is 33.6 Å². The highest BCUT2D eigenvalue weighted by Gasteiger charge is 2.52. The number of carbonyl (C=O) groups excluding carboxylic acids is 7. The Morgan fingerprint density at radius 3 is 1.88 bits per heavy atom. The zero-order valence-corrected chi connectivity index (χ0v) is 43.9. The first-order valence-corrected chi connectivity index (χ1v) is 26.6. The number of hydrogen-bond donors (Lipinski definition) is 5. The number of aromatic nitrogens is 2. The number of ketones is 1. The number of allylic oxidation sites excluding steroid dienone is 12. The van der Waals surface area contributed by atoms with Crippen molar-refractivity contribution in [2.45, 2.75) is 168 Å². The molecule has 1 aromatic rings. The Bertz CT molecular complexity index is 2100. The van der Waals surface area contributed by atoms with E-state index in [4.69, 9.17) is 0 Å². The summed E-state index contributed by atoms with van der Waals surface area (Å²) in [6.07, 6.45) is 43.0. The Balaban J connectivity index is 1.24. The molecule has 6 atom stereocenters. The molecule has 2 heterocycles. The van der Waals surface area contributed by atoms with Crippen molar-refractivity contribution in [1.29, 1.82) is 0 Å². The zero-order chi connectivity index (χ0) is 52.3. The van der Waals surface area contributed by atoms with Crippen LogP contribution in [0.5, 0.6) is 0 Å². The SMILES string of the molecule is CCC=CCC=CCC=CCC=CCC=CCC=CCCC(=O)NCCNC(=O)C(=O)C(NC(=O)[C@H]1[C@H]2CCC[C@H]2CN1C(=O)C(NC(=O)C(NC(=O)c1cnccn1)C1CCCCC1)C(C)(C)C)C(C)C. The zero-order valence-electron chi connectivity index (χ0n) is 43.9. The van der Waals surface area contributed by atoms with Gasteiger partial charge in [0.25, 0.3) is 11.8 Å². The lowest BCUT2D eigenvalue weighted by Gasteiger charge is -2.38. The highest BCUT2D eigenvalue weighted by molar-refractivity contribution is 6.38. The summed E-state index contributed by atoms with van der Waals surface area (Å²) in [4.78, 5) is 106. The van der Waals surface area contributed by atoms with Crippen LogP contribution in [0.1, 0.15) is 155 Å². The topological polar surface area (TPSA) is 209 Å². The summed E-state index contributed by atoms with van der Waals surface area (Å²) in [5.74, 6) is -4.54. The summed E-state index contributed by atoms with van der Waals surface area (Å²) in [7, 11) is 0. The van der Waals surface area contributed by atoms with Gasteiger partial charge in [0.05, 0.1) is 12.2 Å². The Labute approximate surface area is 429 Å². The normalized spacial score (nSPS) is 19.9. The molecule has 1 saturated heterocycles. The minimum atomic E-state index is -1.17. The average Bonchev–Trinajstić information content (AvgIpc) is 3.98. The lowest BCUT2D eigenvalue weighted by atomic mass is 9.82. The Morgan fingerprint density at radius 2 is 1.31 bits per heavy atom. The van der Waals surface area contributed by atoms with Crippen LogP contribution in [0.2, 0.25) is 0 Å². The second-order valence-corrected chi connectivity index (χ2v) is 20.7. The van der Waals surface area contributed by atoms with E-state index in [-0.39, 0.29) is 48.9 Å². The van der Waals surface area contributed by atoms with Crippen molar-refractivity contribution in [3.63, 3.8) is 0 Å². The molecule has 15 heteroatoms. The molecule has 4 rings (SSSR count). The maximum Gasteiger partial charge on any atom is 0.289 e. The fourth-order valence-electron chi connectivity index (χ4n) is 9.73. The van der Waals surface area contributed by atoms with E-state index >= 15 is 0 Å². The van der Waals surface area contributed by atoms with E-state index in [1.165, 1.54) is 18.6 Å². The van der Waals surface area contributed by atoms with E-state index in [9.17, 15) is 33.6 Å². The third-order valence-corrected chi connectivity index (χ3v) is 13.7. The average molecular weight is 993 g/mol. The van der Waals surface area contributed by atoms with E-state index in [1.54, 1.807) is 18.7 Å². The van der Waals surface area contributed by atoms with Gasteiger partial charge in [0.2, 0.25) is 29.4 Å². The second-order valence-electron chi connectivity index (χ2n) is 20.7. The van der Waals surface area contributed by atoms with Crippen LogP contribution in [-0.4, -0.2) is 99.9 Å². The summed E-state index contributed by atoms with van der Waals surface area (Å²) >= 11 is 0. The van der Waals surface area contributed by atoms with Gasteiger partial charge in [0.15, 0.2) is 0 Å². The van der Waals surface area contributed by atoms with Gasteiger partial charge in [-0.15, -0.1) is 0 Å². The molecule has 0 bridgehead atoms. The molecule has 0 spiro atoms. The van der Waals surface area contributed by atoms with E-state index in [0.29, 0.717) is 19.4 Å². The smallest absolute Gasteiger partial charge is 0.289 e. The number of amides is 6. The van der Waals surface area contributed by atoms with Gasteiger partial charge in [-0.25, -0.2) is 4.98 Å². The molecule has 1 aromatic heterocycles. The maximum atomic E-state index is 14.8. The van der Waals surface area contributed by atoms with Crippen LogP contribution >= 0.6 is 0 Å². The molecule has 1 aliphatic heterocycles. The van der Waals surface area contributed by atoms with Gasteiger partial charge in [0, 0.05) is 38.4 Å². The fraction of sp³-hybridized carbons (Fsp3) is 0.596. The molecule has 3 unspecified atom stereocenters. The van der Waals surface area contributed by atoms with Crippen molar-refractivity contribution >= 4 is 41.2 Å². The number of nitrogens with zero attached hydrogens (tertiary/aromatic N) is 3. The highest BCUT2D eigenvalue weighted by Crippen LogP contribution is 2.43. The van der Waals surface area contributed by atoms with Gasteiger partial charge in [-0.2, -0.15) is 0 Å². The van der Waals surface area contributed by atoms with Crippen LogP contribution in [0.25, 0.3) is 0 Å². The van der Waals surface area contributed by atoms with Crippen molar-refractivity contribution in [3.8, 4) is 0 Å². The van der Waals surface area contributed by atoms with Crippen molar-refractivity contribution in [2.75, 3.05) is 19.6 Å². The van der Waals surface area contributed by atoms with Gasteiger partial charge in [-0.1, -0.05) is 140 Å². The molecule has 15 nitrogen and oxygen atoms in total. The quantitative estimate of drug-likeness (QED) is 0.0316. The molecule has 3 fully saturated rings. The summed E-state index contributed by atoms with van der Waals surface area (Å²) in [6, 6.07) is -4.06. The first kappa shape index (κ1) is 58.6. The van der Waals surface area contributed by atoms with Gasteiger partial charge < -0.3 is 31.5 Å². The van der Waals surface area contributed by atoms with Gasteiger partial charge in [-0.05, 0) is 99.7 Å². The van der Waals surface area contributed by atoms with E-state index in [2.05, 4.69) is 104 Å². The number of fused-ring (bicyclic) bond motifs is 1. The van der Waals surface area contributed by atoms with Crippen molar-refractivity contribution in [2.24, 2.45) is 29.1 Å². The van der Waals surface area contributed by atoms with Gasteiger partial charge in [0.1, 0.15) is 23.8 Å². The molecule has 6 amide bonds. The molecule has 3 aliphatic rings. The molecule has 2 aliphatic carbocycles. The largest absolute Gasteiger partial charge is 0.354 e. The molecule has 5 N–H and O–H groups in total. The number of likely N-dealkylation sites (tertiary alicyclic amines) is 1. The summed E-state index contributed by atoms with van der Waals surface area (Å²) in [5, 5.41) is 14.1. The summed E-state index contributed by atoms with van der Waals surface area (Å²) in [5.41, 5.74) is -0.712. The molecular weight excluding hydrogens is 909 g/mol. The molecule has 2 saturated carbocycles. The van der Waals surface area contributed by atoms with Crippen LogP contribution in [0.3, 0.4) is 0 Å². The highest BCUT2D eigenvalue weighted by atomic mass is 16.2. The van der Waals surface area contributed by atoms with Gasteiger partial charge in [-0.3, -0.25) is 38.5 Å². The maximum absolute atomic E-state index is 14.8. The van der Waals surface area contributed by atoms with E-state index in [1.807, 2.05) is 32.9 Å². The third kappa shape index (κ3) is 19.6. The first-order chi connectivity index (χ1) is 34.6. The van der Waals surface area contributed by atoms with E-state index < -0.39 is 70.8 Å². The number of carbonyl (C=O) groups is 7. The third-order valence-electron chi connectivity index (χ3n) is 13.7. The van der Waals surface area contributed by atoms with Crippen LogP contribution in [0.15, 0.2) is 91.5 Å². The standard InChI is InChI=1S/C57H84N8O7/c1-7-8-9-10-11-12-13-14-15-16-17-18-19-20-21-22-23-24-28-34-46(66)60-37-38-61-55(71)50(67)47(41(2)3)62-54(70)49-44-33-29-32-43(44)40-65(49)56(72)51(57(4,5)6)64-53(69)48(42-30-26-25-27-31-42)63-52(68)45-39-58-35-36-59-45/h8-9,11-12,14-15,17-18,20-21,23-24,35-36,39,41-44,47-49,51H,7,10,13,16,19,22,25-34,37-38,40H2,1-6H3,(H,60,66)(H,61,71)(H,62,70)(H,63,68)(H,64,69)/t43-,44-,47?,48?,49+,51?/m0/s1. The minimum absolute atomic E-state index is 0.0230. The lowest BCUT2D eigenvalue weighted by Crippen LogP contribution is -2.62. The molecule has 394 valence electrons. The van der Waals surface area contributed by atoms with Crippen molar-refractivity contribution in [3.05, 3.63) is 97.2 Å². The number of Topliss-reactive ketones (excluding diaryl/α,β-unsaturated/α-hetero) is 1. The van der Waals surface area contributed by atoms with E-state index in [0.717, 1.165) is 83.5 Å². The molecule has 72 heavy (non-hydrogen) atoms. The monoisotopic (exact) mass is 993 g/mol. The Kier molecular flexibility index (Phi) is 25.6. The first-order valence-electron chi connectivity index (χ1n) is 26.6. The summed E-state index contributed by atoms with van der Waals surface area (Å²) < 4.78 is 0. The van der Waals surface area contributed by atoms with Crippen molar-refractivity contribution in [1.82, 2.24) is 41.5 Å². The molecule has 0 radical (unpaired) electrons. The fourth-order valence-corrected chi connectivity index (χ4v) is 9.73. The second kappa shape index (κ2) is 31.5. The number of nitrogens with one attached hydrogen (secondary N) is 5. The Hall–Kier alpha value is -5.99.